The van der Waals surface area contributed by atoms with E-state index in [1.54, 1.807) is 18.5 Å². The summed E-state index contributed by atoms with van der Waals surface area (Å²) in [6.45, 7) is 3.26. The van der Waals surface area contributed by atoms with Gasteiger partial charge in [0.25, 0.3) is 0 Å². The van der Waals surface area contributed by atoms with Crippen molar-refractivity contribution in [3.63, 3.8) is 0 Å². The van der Waals surface area contributed by atoms with E-state index in [1.807, 2.05) is 6.92 Å². The Labute approximate surface area is 111 Å². The molecule has 1 fully saturated rings. The highest BCUT2D eigenvalue weighted by atomic mass is 32.2. The minimum atomic E-state index is -0.200. The van der Waals surface area contributed by atoms with Crippen LogP contribution in [0.15, 0.2) is 23.6 Å². The summed E-state index contributed by atoms with van der Waals surface area (Å²) < 4.78 is 5.46. The number of amides is 1. The average Bonchev–Trinajstić information content (AvgIpc) is 2.90. The summed E-state index contributed by atoms with van der Waals surface area (Å²) in [4.78, 5) is 20.0. The zero-order valence-corrected chi connectivity index (χ0v) is 11.2. The van der Waals surface area contributed by atoms with Gasteiger partial charge in [0.2, 0.25) is 5.91 Å². The molecule has 1 N–H and O–H groups in total. The lowest BCUT2D eigenvalue weighted by atomic mass is 10.2. The van der Waals surface area contributed by atoms with E-state index < -0.39 is 0 Å². The van der Waals surface area contributed by atoms with Gasteiger partial charge in [-0.15, -0.1) is 0 Å². The summed E-state index contributed by atoms with van der Waals surface area (Å²) in [6, 6.07) is 1.76. The maximum absolute atomic E-state index is 11.9. The molecule has 98 valence electrons. The van der Waals surface area contributed by atoms with Crippen LogP contribution in [-0.2, 0) is 9.53 Å². The summed E-state index contributed by atoms with van der Waals surface area (Å²) in [5.74, 6) is 0.00273. The third kappa shape index (κ3) is 3.96. The van der Waals surface area contributed by atoms with Gasteiger partial charge in [0.1, 0.15) is 0 Å². The molecule has 2 atom stereocenters. The summed E-state index contributed by atoms with van der Waals surface area (Å²) in [5.41, 5.74) is 0. The van der Waals surface area contributed by atoms with Gasteiger partial charge in [0.15, 0.2) is 5.16 Å². The Morgan fingerprint density at radius 2 is 2.39 bits per heavy atom. The number of hydrogen-bond acceptors (Lipinski definition) is 5. The Morgan fingerprint density at radius 1 is 1.61 bits per heavy atom. The van der Waals surface area contributed by atoms with Crippen molar-refractivity contribution in [2.45, 2.75) is 36.3 Å². The quantitative estimate of drug-likeness (QED) is 0.642. The highest BCUT2D eigenvalue weighted by molar-refractivity contribution is 8.00. The standard InChI is InChI=1S/C12H17N3O2S/c1-9(18-12-13-5-3-6-14-12)11(16)15-8-10-4-2-7-17-10/h3,5-6,9-10H,2,4,7-8H2,1H3,(H,15,16)/t9-,10+/m0/s1. The van der Waals surface area contributed by atoms with Gasteiger partial charge in [-0.3, -0.25) is 4.79 Å². The van der Waals surface area contributed by atoms with Gasteiger partial charge in [0.05, 0.1) is 11.4 Å². The fourth-order valence-electron chi connectivity index (χ4n) is 1.72. The molecule has 1 aliphatic heterocycles. The van der Waals surface area contributed by atoms with E-state index in [0.717, 1.165) is 19.4 Å². The maximum atomic E-state index is 11.9. The van der Waals surface area contributed by atoms with Crippen LogP contribution in [-0.4, -0.2) is 40.4 Å². The Hall–Kier alpha value is -1.14. The first-order chi connectivity index (χ1) is 8.75. The van der Waals surface area contributed by atoms with E-state index in [0.29, 0.717) is 11.7 Å². The molecule has 0 aromatic carbocycles. The number of aromatic nitrogens is 2. The number of carbonyl (C=O) groups is 1. The monoisotopic (exact) mass is 267 g/mol. The summed E-state index contributed by atoms with van der Waals surface area (Å²) in [6.07, 6.45) is 5.64. The number of nitrogens with one attached hydrogen (secondary N) is 1. The van der Waals surface area contributed by atoms with Crippen molar-refractivity contribution in [2.75, 3.05) is 13.2 Å². The number of ether oxygens (including phenoxy) is 1. The molecule has 5 nitrogen and oxygen atoms in total. The number of carbonyl (C=O) groups excluding carboxylic acids is 1. The van der Waals surface area contributed by atoms with Crippen molar-refractivity contribution < 1.29 is 9.53 Å². The van der Waals surface area contributed by atoms with E-state index in [4.69, 9.17) is 4.74 Å². The minimum Gasteiger partial charge on any atom is -0.376 e. The van der Waals surface area contributed by atoms with Gasteiger partial charge in [-0.1, -0.05) is 11.8 Å². The van der Waals surface area contributed by atoms with Gasteiger partial charge < -0.3 is 10.1 Å². The zero-order chi connectivity index (χ0) is 12.8. The Bertz CT molecular complexity index is 382. The van der Waals surface area contributed by atoms with Crippen LogP contribution in [0.3, 0.4) is 0 Å². The second-order valence-electron chi connectivity index (χ2n) is 4.17. The van der Waals surface area contributed by atoms with Crippen molar-refractivity contribution >= 4 is 17.7 Å². The van der Waals surface area contributed by atoms with Crippen LogP contribution < -0.4 is 5.32 Å². The second kappa shape index (κ2) is 6.70. The van der Waals surface area contributed by atoms with Crippen LogP contribution in [0, 0.1) is 0 Å². The van der Waals surface area contributed by atoms with E-state index in [9.17, 15) is 4.79 Å². The molecule has 1 aromatic rings. The Kier molecular flexibility index (Phi) is 4.95. The van der Waals surface area contributed by atoms with Crippen molar-refractivity contribution in [2.24, 2.45) is 0 Å². The fourth-order valence-corrected chi connectivity index (χ4v) is 2.47. The third-order valence-electron chi connectivity index (χ3n) is 2.72. The van der Waals surface area contributed by atoms with Crippen LogP contribution in [0.25, 0.3) is 0 Å². The van der Waals surface area contributed by atoms with Gasteiger partial charge in [-0.25, -0.2) is 9.97 Å². The summed E-state index contributed by atoms with van der Waals surface area (Å²) >= 11 is 1.36. The van der Waals surface area contributed by atoms with Crippen LogP contribution in [0.4, 0.5) is 0 Å². The van der Waals surface area contributed by atoms with E-state index in [-0.39, 0.29) is 17.3 Å². The van der Waals surface area contributed by atoms with Gasteiger partial charge in [-0.05, 0) is 25.8 Å². The maximum Gasteiger partial charge on any atom is 0.233 e. The lowest BCUT2D eigenvalue weighted by molar-refractivity contribution is -0.120. The van der Waals surface area contributed by atoms with Gasteiger partial charge in [-0.2, -0.15) is 0 Å². The van der Waals surface area contributed by atoms with Crippen LogP contribution in [0.1, 0.15) is 19.8 Å². The van der Waals surface area contributed by atoms with Gasteiger partial charge >= 0.3 is 0 Å². The first-order valence-electron chi connectivity index (χ1n) is 6.08. The van der Waals surface area contributed by atoms with Crippen molar-refractivity contribution in [3.05, 3.63) is 18.5 Å². The molecule has 0 spiro atoms. The summed E-state index contributed by atoms with van der Waals surface area (Å²) in [7, 11) is 0. The highest BCUT2D eigenvalue weighted by Gasteiger charge is 2.19. The van der Waals surface area contributed by atoms with E-state index in [2.05, 4.69) is 15.3 Å². The largest absolute Gasteiger partial charge is 0.376 e. The van der Waals surface area contributed by atoms with Crippen LogP contribution in [0.5, 0.6) is 0 Å². The van der Waals surface area contributed by atoms with E-state index >= 15 is 0 Å². The molecule has 0 saturated carbocycles. The first kappa shape index (κ1) is 13.3. The van der Waals surface area contributed by atoms with Gasteiger partial charge in [0, 0.05) is 25.5 Å². The molecule has 0 radical (unpaired) electrons. The van der Waals surface area contributed by atoms with Crippen molar-refractivity contribution in [1.82, 2.24) is 15.3 Å². The van der Waals surface area contributed by atoms with E-state index in [1.165, 1.54) is 11.8 Å². The Morgan fingerprint density at radius 3 is 3.06 bits per heavy atom. The lowest BCUT2D eigenvalue weighted by Crippen LogP contribution is -2.36. The highest BCUT2D eigenvalue weighted by Crippen LogP contribution is 2.18. The number of nitrogens with zero attached hydrogens (tertiary/aromatic N) is 2. The molecule has 2 rings (SSSR count). The normalized spacial score (nSPS) is 20.6. The molecule has 0 bridgehead atoms. The molecule has 2 heterocycles. The molecule has 1 amide bonds. The number of rotatable bonds is 5. The number of hydrogen-bond donors (Lipinski definition) is 1. The average molecular weight is 267 g/mol. The van der Waals surface area contributed by atoms with Crippen LogP contribution in [0.2, 0.25) is 0 Å². The first-order valence-corrected chi connectivity index (χ1v) is 6.96. The predicted molar refractivity (Wildman–Crippen MR) is 69.3 cm³/mol. The summed E-state index contributed by atoms with van der Waals surface area (Å²) in [5, 5.41) is 3.33. The topological polar surface area (TPSA) is 64.1 Å². The zero-order valence-electron chi connectivity index (χ0n) is 10.3. The molecular formula is C12H17N3O2S. The minimum absolute atomic E-state index is 0.00273. The molecular weight excluding hydrogens is 250 g/mol. The fraction of sp³-hybridized carbons (Fsp3) is 0.583. The second-order valence-corrected chi connectivity index (χ2v) is 5.48. The third-order valence-corrected chi connectivity index (χ3v) is 3.71. The molecule has 1 saturated heterocycles. The van der Waals surface area contributed by atoms with Crippen molar-refractivity contribution in [3.8, 4) is 0 Å². The Balaban J connectivity index is 1.74. The lowest BCUT2D eigenvalue weighted by Gasteiger charge is -2.13. The van der Waals surface area contributed by atoms with Crippen molar-refractivity contribution in [1.29, 1.82) is 0 Å². The smallest absolute Gasteiger partial charge is 0.233 e. The molecule has 6 heteroatoms. The molecule has 1 aliphatic rings. The predicted octanol–water partition coefficient (Wildman–Crippen LogP) is 1.25. The molecule has 0 unspecified atom stereocenters. The molecule has 18 heavy (non-hydrogen) atoms. The molecule has 1 aromatic heterocycles. The molecule has 0 aliphatic carbocycles. The van der Waals surface area contributed by atoms with Crippen LogP contribution >= 0.6 is 11.8 Å². The SMILES string of the molecule is C[C@H](Sc1ncccn1)C(=O)NC[C@H]1CCCO1. The number of thioether (sulfide) groups is 1.